The Hall–Kier alpha value is -1.20. The van der Waals surface area contributed by atoms with E-state index >= 15 is 0 Å². The zero-order valence-corrected chi connectivity index (χ0v) is 10.9. The summed E-state index contributed by atoms with van der Waals surface area (Å²) in [6.45, 7) is 4.48. The Bertz CT molecular complexity index is 357. The molecule has 1 rings (SSSR count). The van der Waals surface area contributed by atoms with Crippen molar-refractivity contribution in [1.82, 2.24) is 4.98 Å². The Morgan fingerprint density at radius 2 is 2.35 bits per heavy atom. The van der Waals surface area contributed by atoms with Crippen LogP contribution in [0.3, 0.4) is 0 Å². The highest BCUT2D eigenvalue weighted by atomic mass is 32.1. The molecule has 17 heavy (non-hydrogen) atoms. The molecule has 0 saturated heterocycles. The van der Waals surface area contributed by atoms with Crippen molar-refractivity contribution in [3.8, 4) is 0 Å². The van der Waals surface area contributed by atoms with Crippen LogP contribution in [-0.4, -0.2) is 29.7 Å². The molecule has 0 fully saturated rings. The van der Waals surface area contributed by atoms with E-state index in [2.05, 4.69) is 17.2 Å². The Kier molecular flexibility index (Phi) is 6.50. The van der Waals surface area contributed by atoms with E-state index in [0.717, 1.165) is 44.0 Å². The normalized spacial score (nSPS) is 10.2. The number of thiocarbonyl (C=S) groups is 1. The molecule has 4 nitrogen and oxygen atoms in total. The molecule has 0 aromatic carbocycles. The first-order chi connectivity index (χ1) is 8.25. The number of hydrogen-bond acceptors (Lipinski definition) is 4. The molecule has 0 atom stereocenters. The molecule has 1 aromatic heterocycles. The molecule has 0 bridgehead atoms. The molecule has 5 heteroatoms. The lowest BCUT2D eigenvalue weighted by Gasteiger charge is -2.09. The first kappa shape index (κ1) is 13.9. The predicted octanol–water partition coefficient (Wildman–Crippen LogP) is 1.94. The second kappa shape index (κ2) is 7.97. The SMILES string of the molecule is CCCOCCCNc1ncccc1C(N)=S. The van der Waals surface area contributed by atoms with Crippen molar-refractivity contribution >= 4 is 23.0 Å². The van der Waals surface area contributed by atoms with E-state index in [1.807, 2.05) is 12.1 Å². The smallest absolute Gasteiger partial charge is 0.136 e. The second-order valence-electron chi connectivity index (χ2n) is 3.66. The Morgan fingerprint density at radius 1 is 1.53 bits per heavy atom. The third kappa shape index (κ3) is 5.10. The molecule has 0 aliphatic carbocycles. The van der Waals surface area contributed by atoms with Gasteiger partial charge >= 0.3 is 0 Å². The minimum atomic E-state index is 0.364. The third-order valence-corrected chi connectivity index (χ3v) is 2.40. The van der Waals surface area contributed by atoms with Crippen molar-refractivity contribution in [3.05, 3.63) is 23.9 Å². The average molecular weight is 253 g/mol. The van der Waals surface area contributed by atoms with Gasteiger partial charge in [-0.15, -0.1) is 0 Å². The van der Waals surface area contributed by atoms with Crippen LogP contribution >= 0.6 is 12.2 Å². The number of anilines is 1. The maximum atomic E-state index is 5.61. The van der Waals surface area contributed by atoms with Gasteiger partial charge < -0.3 is 15.8 Å². The van der Waals surface area contributed by atoms with Gasteiger partial charge in [-0.1, -0.05) is 19.1 Å². The third-order valence-electron chi connectivity index (χ3n) is 2.18. The van der Waals surface area contributed by atoms with Crippen molar-refractivity contribution in [1.29, 1.82) is 0 Å². The van der Waals surface area contributed by atoms with Crippen molar-refractivity contribution in [2.75, 3.05) is 25.1 Å². The zero-order valence-electron chi connectivity index (χ0n) is 10.1. The van der Waals surface area contributed by atoms with E-state index in [-0.39, 0.29) is 0 Å². The topological polar surface area (TPSA) is 60.2 Å². The van der Waals surface area contributed by atoms with Crippen LogP contribution in [-0.2, 0) is 4.74 Å². The first-order valence-electron chi connectivity index (χ1n) is 5.82. The molecule has 0 spiro atoms. The van der Waals surface area contributed by atoms with Gasteiger partial charge in [-0.05, 0) is 25.0 Å². The summed E-state index contributed by atoms with van der Waals surface area (Å²) in [5.41, 5.74) is 6.40. The van der Waals surface area contributed by atoms with Crippen LogP contribution in [0.2, 0.25) is 0 Å². The summed E-state index contributed by atoms with van der Waals surface area (Å²) in [4.78, 5) is 4.58. The lowest BCUT2D eigenvalue weighted by molar-refractivity contribution is 0.134. The van der Waals surface area contributed by atoms with Crippen LogP contribution in [0.25, 0.3) is 0 Å². The fourth-order valence-electron chi connectivity index (χ4n) is 1.37. The van der Waals surface area contributed by atoms with Gasteiger partial charge in [0.25, 0.3) is 0 Å². The van der Waals surface area contributed by atoms with Gasteiger partial charge in [-0.25, -0.2) is 4.98 Å². The van der Waals surface area contributed by atoms with E-state index in [9.17, 15) is 0 Å². The minimum absolute atomic E-state index is 0.364. The van der Waals surface area contributed by atoms with Crippen molar-refractivity contribution in [2.24, 2.45) is 5.73 Å². The van der Waals surface area contributed by atoms with Gasteiger partial charge in [0.15, 0.2) is 0 Å². The summed E-state index contributed by atoms with van der Waals surface area (Å²) in [5, 5.41) is 3.21. The summed E-state index contributed by atoms with van der Waals surface area (Å²) < 4.78 is 5.39. The van der Waals surface area contributed by atoms with Gasteiger partial charge in [0.05, 0.1) is 5.56 Å². The number of hydrogen-bond donors (Lipinski definition) is 2. The fraction of sp³-hybridized carbons (Fsp3) is 0.500. The molecule has 0 aliphatic heterocycles. The van der Waals surface area contributed by atoms with E-state index in [0.29, 0.717) is 4.99 Å². The number of nitrogens with two attached hydrogens (primary N) is 1. The standard InChI is InChI=1S/C12H19N3OS/c1-2-8-16-9-4-7-15-12-10(11(13)17)5-3-6-14-12/h3,5-6H,2,4,7-9H2,1H3,(H2,13,17)(H,14,15). The van der Waals surface area contributed by atoms with E-state index < -0.39 is 0 Å². The average Bonchev–Trinajstić information content (AvgIpc) is 2.34. The van der Waals surface area contributed by atoms with Crippen LogP contribution < -0.4 is 11.1 Å². The number of pyridine rings is 1. The number of rotatable bonds is 8. The van der Waals surface area contributed by atoms with E-state index in [1.165, 1.54) is 0 Å². The number of aromatic nitrogens is 1. The summed E-state index contributed by atoms with van der Waals surface area (Å²) in [7, 11) is 0. The lowest BCUT2D eigenvalue weighted by Crippen LogP contribution is -2.15. The largest absolute Gasteiger partial charge is 0.389 e. The Labute approximate surface area is 108 Å². The van der Waals surface area contributed by atoms with Crippen molar-refractivity contribution < 1.29 is 4.74 Å². The predicted molar refractivity (Wildman–Crippen MR) is 74.3 cm³/mol. The molecule has 1 heterocycles. The van der Waals surface area contributed by atoms with Gasteiger partial charge in [0.2, 0.25) is 0 Å². The summed E-state index contributed by atoms with van der Waals surface area (Å²) >= 11 is 4.96. The lowest BCUT2D eigenvalue weighted by atomic mass is 10.2. The second-order valence-corrected chi connectivity index (χ2v) is 4.10. The van der Waals surface area contributed by atoms with E-state index in [1.54, 1.807) is 6.20 Å². The molecule has 0 unspecified atom stereocenters. The maximum Gasteiger partial charge on any atom is 0.136 e. The fourth-order valence-corrected chi connectivity index (χ4v) is 1.54. The highest BCUT2D eigenvalue weighted by Crippen LogP contribution is 2.10. The zero-order chi connectivity index (χ0) is 12.5. The summed E-state index contributed by atoms with van der Waals surface area (Å²) in [6.07, 6.45) is 3.71. The van der Waals surface area contributed by atoms with Crippen molar-refractivity contribution in [3.63, 3.8) is 0 Å². The van der Waals surface area contributed by atoms with Crippen LogP contribution in [0.1, 0.15) is 25.3 Å². The Morgan fingerprint density at radius 3 is 3.06 bits per heavy atom. The van der Waals surface area contributed by atoms with E-state index in [4.69, 9.17) is 22.7 Å². The summed E-state index contributed by atoms with van der Waals surface area (Å²) in [5.74, 6) is 0.746. The van der Waals surface area contributed by atoms with Gasteiger partial charge in [-0.2, -0.15) is 0 Å². The van der Waals surface area contributed by atoms with Gasteiger partial charge in [-0.3, -0.25) is 0 Å². The molecule has 94 valence electrons. The Balaban J connectivity index is 2.34. The molecule has 0 saturated carbocycles. The first-order valence-corrected chi connectivity index (χ1v) is 6.23. The van der Waals surface area contributed by atoms with Gasteiger partial charge in [0.1, 0.15) is 10.8 Å². The van der Waals surface area contributed by atoms with Crippen molar-refractivity contribution in [2.45, 2.75) is 19.8 Å². The van der Waals surface area contributed by atoms with Crippen LogP contribution in [0.15, 0.2) is 18.3 Å². The summed E-state index contributed by atoms with van der Waals surface area (Å²) in [6, 6.07) is 3.69. The minimum Gasteiger partial charge on any atom is -0.389 e. The molecule has 3 N–H and O–H groups in total. The molecular formula is C12H19N3OS. The molecular weight excluding hydrogens is 234 g/mol. The van der Waals surface area contributed by atoms with Crippen LogP contribution in [0.4, 0.5) is 5.82 Å². The van der Waals surface area contributed by atoms with Gasteiger partial charge in [0, 0.05) is 26.0 Å². The number of ether oxygens (including phenoxy) is 1. The van der Waals surface area contributed by atoms with Crippen LogP contribution in [0.5, 0.6) is 0 Å². The quantitative estimate of drug-likeness (QED) is 0.548. The molecule has 0 radical (unpaired) electrons. The highest BCUT2D eigenvalue weighted by molar-refractivity contribution is 7.80. The number of nitrogens with zero attached hydrogens (tertiary/aromatic N) is 1. The number of nitrogens with one attached hydrogen (secondary N) is 1. The molecule has 0 aliphatic rings. The highest BCUT2D eigenvalue weighted by Gasteiger charge is 2.04. The monoisotopic (exact) mass is 253 g/mol. The molecule has 0 amide bonds. The molecule has 1 aromatic rings. The van der Waals surface area contributed by atoms with Crippen LogP contribution in [0, 0.1) is 0 Å². The maximum absolute atomic E-state index is 5.61.